The summed E-state index contributed by atoms with van der Waals surface area (Å²) in [7, 11) is 0. The van der Waals surface area contributed by atoms with Crippen LogP contribution in [0.1, 0.15) is 65.7 Å². The lowest BCUT2D eigenvalue weighted by Crippen LogP contribution is -2.24. The Morgan fingerprint density at radius 3 is 2.90 bits per heavy atom. The van der Waals surface area contributed by atoms with Gasteiger partial charge in [-0.2, -0.15) is 5.26 Å². The second-order valence-electron chi connectivity index (χ2n) is 8.86. The molecule has 0 bridgehead atoms. The van der Waals surface area contributed by atoms with Gasteiger partial charge in [0.05, 0.1) is 11.9 Å². The lowest BCUT2D eigenvalue weighted by Gasteiger charge is -2.17. The second-order valence-corrected chi connectivity index (χ2v) is 8.86. The third-order valence-corrected chi connectivity index (χ3v) is 6.53. The van der Waals surface area contributed by atoms with Crippen LogP contribution in [0.2, 0.25) is 0 Å². The Labute approximate surface area is 176 Å². The van der Waals surface area contributed by atoms with Crippen LogP contribution in [0.25, 0.3) is 11.3 Å². The zero-order valence-electron chi connectivity index (χ0n) is 17.1. The van der Waals surface area contributed by atoms with E-state index in [0.29, 0.717) is 23.2 Å². The van der Waals surface area contributed by atoms with Crippen LogP contribution >= 0.6 is 0 Å². The molecular weight excluding hydrogens is 374 g/mol. The monoisotopic (exact) mass is 398 g/mol. The number of nitrogens with zero attached hydrogens (tertiary/aromatic N) is 4. The summed E-state index contributed by atoms with van der Waals surface area (Å²) in [4.78, 5) is 16.7. The first-order valence-corrected chi connectivity index (χ1v) is 10.5. The number of hydrogen-bond acceptors (Lipinski definition) is 4. The quantitative estimate of drug-likeness (QED) is 0.799. The molecule has 1 atom stereocenters. The van der Waals surface area contributed by atoms with Gasteiger partial charge in [-0.3, -0.25) is 4.79 Å². The first-order chi connectivity index (χ1) is 14.5. The van der Waals surface area contributed by atoms with Gasteiger partial charge in [-0.1, -0.05) is 42.6 Å². The molecule has 30 heavy (non-hydrogen) atoms. The van der Waals surface area contributed by atoms with E-state index in [9.17, 15) is 10.1 Å². The highest BCUT2D eigenvalue weighted by Crippen LogP contribution is 2.38. The van der Waals surface area contributed by atoms with Gasteiger partial charge in [-0.05, 0) is 41.2 Å². The molecule has 6 heteroatoms. The molecule has 5 rings (SSSR count). The molecule has 6 nitrogen and oxygen atoms in total. The number of rotatable bonds is 4. The highest BCUT2D eigenvalue weighted by molar-refractivity contribution is 6.00. The van der Waals surface area contributed by atoms with Crippen molar-refractivity contribution >= 4 is 18.3 Å². The molecule has 1 unspecified atom stereocenters. The number of hydrogen-bond donors (Lipinski definition) is 1. The van der Waals surface area contributed by atoms with Crippen molar-refractivity contribution in [2.45, 2.75) is 45.1 Å². The topological polar surface area (TPSA) is 81.1 Å². The lowest BCUT2D eigenvalue weighted by molar-refractivity contribution is -0.540. The Hall–Kier alpha value is -3.33. The predicted molar refractivity (Wildman–Crippen MR) is 115 cm³/mol. The molecule has 1 aromatic heterocycles. The molecule has 0 saturated heterocycles. The van der Waals surface area contributed by atoms with Gasteiger partial charge in [0.1, 0.15) is 17.7 Å². The largest absolute Gasteiger partial charge is 0.348 e. The van der Waals surface area contributed by atoms with Crippen LogP contribution in [0.5, 0.6) is 0 Å². The third kappa shape index (κ3) is 3.30. The van der Waals surface area contributed by atoms with Crippen LogP contribution in [-0.2, 0) is 6.54 Å². The van der Waals surface area contributed by atoms with Gasteiger partial charge in [0.2, 0.25) is 0 Å². The number of carbonyl (C=O) groups excluding carboxylic acids is 1. The minimum absolute atomic E-state index is 0.00710. The molecular formula is C24H24N5O+. The van der Waals surface area contributed by atoms with Gasteiger partial charge < -0.3 is 5.32 Å². The first-order valence-electron chi connectivity index (χ1n) is 10.5. The van der Waals surface area contributed by atoms with E-state index in [1.54, 1.807) is 6.07 Å². The molecule has 0 spiro atoms. The normalized spacial score (nSPS) is 21.3. The average Bonchev–Trinajstić information content (AvgIpc) is 3.49. The van der Waals surface area contributed by atoms with Crippen molar-refractivity contribution in [3.8, 4) is 17.3 Å². The van der Waals surface area contributed by atoms with E-state index in [4.69, 9.17) is 0 Å². The van der Waals surface area contributed by atoms with E-state index in [0.717, 1.165) is 28.9 Å². The van der Waals surface area contributed by atoms with E-state index in [1.165, 1.54) is 25.7 Å². The molecule has 1 aliphatic carbocycles. The highest BCUT2D eigenvalue weighted by Gasteiger charge is 2.36. The van der Waals surface area contributed by atoms with Crippen molar-refractivity contribution < 1.29 is 9.48 Å². The maximum absolute atomic E-state index is 12.1. The SMILES string of the molecule is CC1(C[N+]2=CC(c3ccc(C#N)nc3-c3ccc4c(c3)C(=O)NC4)C=N2)CCCC1. The fraction of sp³-hybridized carbons (Fsp3) is 0.375. The maximum Gasteiger partial charge on any atom is 0.251 e. The number of aromatic nitrogens is 1. The molecule has 3 heterocycles. The summed E-state index contributed by atoms with van der Waals surface area (Å²) in [5.41, 5.74) is 4.94. The van der Waals surface area contributed by atoms with Crippen molar-refractivity contribution in [2.75, 3.05) is 6.54 Å². The van der Waals surface area contributed by atoms with Crippen molar-refractivity contribution in [2.24, 2.45) is 10.5 Å². The number of amides is 1. The minimum atomic E-state index is -0.0604. The number of carbonyl (C=O) groups is 1. The van der Waals surface area contributed by atoms with E-state index in [1.807, 2.05) is 30.5 Å². The van der Waals surface area contributed by atoms with Gasteiger partial charge in [0.25, 0.3) is 5.91 Å². The van der Waals surface area contributed by atoms with Gasteiger partial charge in [-0.25, -0.2) is 4.98 Å². The molecule has 0 radical (unpaired) electrons. The third-order valence-electron chi connectivity index (χ3n) is 6.53. The van der Waals surface area contributed by atoms with Crippen LogP contribution in [0.3, 0.4) is 0 Å². The molecule has 1 N–H and O–H groups in total. The van der Waals surface area contributed by atoms with E-state index < -0.39 is 0 Å². The number of hydrazone groups is 1. The number of nitrogens with one attached hydrogen (secondary N) is 1. The summed E-state index contributed by atoms with van der Waals surface area (Å²) in [6.07, 6.45) is 9.19. The molecule has 1 saturated carbocycles. The minimum Gasteiger partial charge on any atom is -0.348 e. The van der Waals surface area contributed by atoms with Gasteiger partial charge >= 0.3 is 0 Å². The standard InChI is InChI=1S/C24H23N5O/c1-24(8-2-3-9-24)15-29-14-18(13-27-29)20-7-6-19(11-25)28-22(20)16-4-5-17-12-26-23(30)21(17)10-16/h4-7,10,13-14,18H,2-3,8-9,12,15H2,1H3/p+1. The molecule has 1 aromatic carbocycles. The number of benzene rings is 1. The van der Waals surface area contributed by atoms with Crippen molar-refractivity contribution in [3.05, 3.63) is 52.7 Å². The Morgan fingerprint density at radius 1 is 1.27 bits per heavy atom. The Bertz CT molecular complexity index is 1130. The molecule has 2 aliphatic heterocycles. The molecule has 1 fully saturated rings. The fourth-order valence-electron chi connectivity index (χ4n) is 4.84. The summed E-state index contributed by atoms with van der Waals surface area (Å²) in [5.74, 6) is -0.0675. The van der Waals surface area contributed by atoms with Crippen molar-refractivity contribution in [1.29, 1.82) is 5.26 Å². The molecule has 2 aromatic rings. The zero-order valence-corrected chi connectivity index (χ0v) is 17.1. The summed E-state index contributed by atoms with van der Waals surface area (Å²) in [6, 6.07) is 11.7. The summed E-state index contributed by atoms with van der Waals surface area (Å²) < 4.78 is 2.06. The van der Waals surface area contributed by atoms with Crippen molar-refractivity contribution in [1.82, 2.24) is 10.3 Å². The predicted octanol–water partition coefficient (Wildman–Crippen LogP) is 3.61. The lowest BCUT2D eigenvalue weighted by atomic mass is 9.89. The van der Waals surface area contributed by atoms with E-state index >= 15 is 0 Å². The Morgan fingerprint density at radius 2 is 2.10 bits per heavy atom. The van der Waals surface area contributed by atoms with Crippen molar-refractivity contribution in [3.63, 3.8) is 0 Å². The molecule has 3 aliphatic rings. The summed E-state index contributed by atoms with van der Waals surface area (Å²) >= 11 is 0. The van der Waals surface area contributed by atoms with Gasteiger partial charge in [-0.15, -0.1) is 0 Å². The van der Waals surface area contributed by atoms with Crippen LogP contribution in [-0.4, -0.2) is 34.5 Å². The molecule has 150 valence electrons. The number of pyridine rings is 1. The smallest absolute Gasteiger partial charge is 0.251 e. The van der Waals surface area contributed by atoms with Crippen LogP contribution in [0.4, 0.5) is 0 Å². The summed E-state index contributed by atoms with van der Waals surface area (Å²) in [5, 5.41) is 16.9. The summed E-state index contributed by atoms with van der Waals surface area (Å²) in [6.45, 7) is 3.84. The van der Waals surface area contributed by atoms with Crippen LogP contribution in [0, 0.1) is 16.7 Å². The Balaban J connectivity index is 1.51. The zero-order chi connectivity index (χ0) is 20.7. The fourth-order valence-corrected chi connectivity index (χ4v) is 4.84. The second kappa shape index (κ2) is 7.17. The highest BCUT2D eigenvalue weighted by atomic mass is 16.1. The number of nitriles is 1. The van der Waals surface area contributed by atoms with Crippen LogP contribution in [0.15, 0.2) is 35.4 Å². The Kier molecular flexibility index (Phi) is 4.47. The van der Waals surface area contributed by atoms with Gasteiger partial charge in [0, 0.05) is 23.1 Å². The van der Waals surface area contributed by atoms with Crippen LogP contribution < -0.4 is 5.32 Å². The maximum atomic E-state index is 12.1. The van der Waals surface area contributed by atoms with Gasteiger partial charge in [0.15, 0.2) is 12.8 Å². The van der Waals surface area contributed by atoms with E-state index in [-0.39, 0.29) is 11.8 Å². The molecule has 1 amide bonds. The number of fused-ring (bicyclic) bond motifs is 1. The average molecular weight is 398 g/mol. The first kappa shape index (κ1) is 18.7. The van der Waals surface area contributed by atoms with E-state index in [2.05, 4.69) is 39.3 Å².